The number of carbonyl (C=O) groups excluding carboxylic acids is 2. The summed E-state index contributed by atoms with van der Waals surface area (Å²) < 4.78 is 6.87. The fourth-order valence-electron chi connectivity index (χ4n) is 3.05. The lowest BCUT2D eigenvalue weighted by molar-refractivity contribution is -0.132. The number of hydrogen-bond donors (Lipinski definition) is 0. The fraction of sp³-hybridized carbons (Fsp3) is 0.444. The zero-order valence-corrected chi connectivity index (χ0v) is 15.3. The van der Waals surface area contributed by atoms with Gasteiger partial charge in [0.15, 0.2) is 5.69 Å². The van der Waals surface area contributed by atoms with Gasteiger partial charge >= 0.3 is 0 Å². The Bertz CT molecular complexity index is 809. The van der Waals surface area contributed by atoms with Gasteiger partial charge in [-0.25, -0.2) is 4.68 Å². The SMILES string of the molecule is CCC(=O)N1CCN(C(=O)c2nnn(-c3cccc(OC)c3)c2C)CC1. The lowest BCUT2D eigenvalue weighted by Crippen LogP contribution is -2.50. The van der Waals surface area contributed by atoms with E-state index in [0.717, 1.165) is 5.69 Å². The van der Waals surface area contributed by atoms with Crippen molar-refractivity contribution in [3.63, 3.8) is 0 Å². The molecule has 2 amide bonds. The highest BCUT2D eigenvalue weighted by Gasteiger charge is 2.27. The summed E-state index contributed by atoms with van der Waals surface area (Å²) >= 11 is 0. The van der Waals surface area contributed by atoms with E-state index in [1.165, 1.54) is 0 Å². The van der Waals surface area contributed by atoms with Crippen molar-refractivity contribution in [3.05, 3.63) is 35.7 Å². The molecule has 0 aliphatic carbocycles. The molecule has 0 bridgehead atoms. The van der Waals surface area contributed by atoms with Crippen molar-refractivity contribution in [2.24, 2.45) is 0 Å². The van der Waals surface area contributed by atoms with Crippen molar-refractivity contribution in [2.75, 3.05) is 33.3 Å². The van der Waals surface area contributed by atoms with E-state index in [0.29, 0.717) is 49.7 Å². The molecule has 0 atom stereocenters. The van der Waals surface area contributed by atoms with Gasteiger partial charge in [-0.3, -0.25) is 9.59 Å². The Balaban J connectivity index is 1.75. The van der Waals surface area contributed by atoms with Crippen LogP contribution in [0.5, 0.6) is 5.75 Å². The number of rotatable bonds is 4. The van der Waals surface area contributed by atoms with Crippen LogP contribution in [0.25, 0.3) is 5.69 Å². The van der Waals surface area contributed by atoms with Gasteiger partial charge in [0.05, 0.1) is 18.5 Å². The molecule has 3 rings (SSSR count). The van der Waals surface area contributed by atoms with E-state index in [1.54, 1.807) is 21.6 Å². The fourth-order valence-corrected chi connectivity index (χ4v) is 3.05. The van der Waals surface area contributed by atoms with Gasteiger partial charge in [-0.2, -0.15) is 0 Å². The molecule has 1 aromatic carbocycles. The molecule has 1 aliphatic rings. The molecule has 2 aromatic rings. The molecule has 0 N–H and O–H groups in total. The number of amides is 2. The normalized spacial score (nSPS) is 14.4. The first-order chi connectivity index (χ1) is 12.5. The summed E-state index contributed by atoms with van der Waals surface area (Å²) in [5.41, 5.74) is 1.80. The van der Waals surface area contributed by atoms with Crippen molar-refractivity contribution < 1.29 is 14.3 Å². The van der Waals surface area contributed by atoms with E-state index < -0.39 is 0 Å². The minimum Gasteiger partial charge on any atom is -0.497 e. The Labute approximate surface area is 152 Å². The van der Waals surface area contributed by atoms with Gasteiger partial charge in [-0.05, 0) is 19.1 Å². The number of carbonyl (C=O) groups is 2. The summed E-state index contributed by atoms with van der Waals surface area (Å²) in [5, 5.41) is 8.23. The van der Waals surface area contributed by atoms with Crippen LogP contribution in [0, 0.1) is 6.92 Å². The van der Waals surface area contributed by atoms with Crippen LogP contribution >= 0.6 is 0 Å². The second-order valence-corrected chi connectivity index (χ2v) is 6.16. The highest BCUT2D eigenvalue weighted by Crippen LogP contribution is 2.19. The predicted molar refractivity (Wildman–Crippen MR) is 95.4 cm³/mol. The van der Waals surface area contributed by atoms with Crippen molar-refractivity contribution >= 4 is 11.8 Å². The molecule has 0 saturated carbocycles. The third kappa shape index (κ3) is 3.40. The van der Waals surface area contributed by atoms with Crippen LogP contribution in [0.1, 0.15) is 29.5 Å². The summed E-state index contributed by atoms with van der Waals surface area (Å²) in [4.78, 5) is 28.1. The van der Waals surface area contributed by atoms with Gasteiger partial charge in [0.1, 0.15) is 5.75 Å². The number of aromatic nitrogens is 3. The highest BCUT2D eigenvalue weighted by atomic mass is 16.5. The van der Waals surface area contributed by atoms with Crippen molar-refractivity contribution in [1.29, 1.82) is 0 Å². The molecule has 2 heterocycles. The molecule has 0 spiro atoms. The molecular weight excluding hydrogens is 334 g/mol. The van der Waals surface area contributed by atoms with Crippen LogP contribution in [0.3, 0.4) is 0 Å². The number of hydrogen-bond acceptors (Lipinski definition) is 5. The van der Waals surface area contributed by atoms with E-state index in [2.05, 4.69) is 10.3 Å². The first-order valence-electron chi connectivity index (χ1n) is 8.69. The Morgan fingerprint density at radius 3 is 2.50 bits per heavy atom. The van der Waals surface area contributed by atoms with Crippen molar-refractivity contribution in [2.45, 2.75) is 20.3 Å². The number of methoxy groups -OCH3 is 1. The monoisotopic (exact) mass is 357 g/mol. The number of ether oxygens (including phenoxy) is 1. The predicted octanol–water partition coefficient (Wildman–Crippen LogP) is 1.28. The average Bonchev–Trinajstić information content (AvgIpc) is 3.08. The largest absolute Gasteiger partial charge is 0.497 e. The maximum atomic E-state index is 12.8. The van der Waals surface area contributed by atoms with Crippen LogP contribution in [-0.4, -0.2) is 69.9 Å². The van der Waals surface area contributed by atoms with Gasteiger partial charge in [0, 0.05) is 38.7 Å². The number of piperazine rings is 1. The summed E-state index contributed by atoms with van der Waals surface area (Å²) in [5.74, 6) is 0.680. The van der Waals surface area contributed by atoms with Crippen molar-refractivity contribution in [3.8, 4) is 11.4 Å². The minimum atomic E-state index is -0.153. The smallest absolute Gasteiger partial charge is 0.276 e. The van der Waals surface area contributed by atoms with Crippen LogP contribution in [0.15, 0.2) is 24.3 Å². The zero-order valence-electron chi connectivity index (χ0n) is 15.3. The van der Waals surface area contributed by atoms with Gasteiger partial charge in [0.2, 0.25) is 5.91 Å². The zero-order chi connectivity index (χ0) is 18.7. The molecule has 0 radical (unpaired) electrons. The first kappa shape index (κ1) is 17.9. The maximum Gasteiger partial charge on any atom is 0.276 e. The standard InChI is InChI=1S/C18H23N5O3/c1-4-16(24)21-8-10-22(11-9-21)18(25)17-13(2)23(20-19-17)14-6-5-7-15(12-14)26-3/h5-7,12H,4,8-11H2,1-3H3. The second kappa shape index (κ2) is 7.55. The quantitative estimate of drug-likeness (QED) is 0.823. The minimum absolute atomic E-state index is 0.122. The highest BCUT2D eigenvalue weighted by molar-refractivity contribution is 5.93. The van der Waals surface area contributed by atoms with Gasteiger partial charge in [-0.1, -0.05) is 18.2 Å². The van der Waals surface area contributed by atoms with Gasteiger partial charge in [-0.15, -0.1) is 5.10 Å². The third-order valence-corrected chi connectivity index (χ3v) is 4.62. The van der Waals surface area contributed by atoms with Gasteiger partial charge in [0.25, 0.3) is 5.91 Å². The van der Waals surface area contributed by atoms with Crippen LogP contribution < -0.4 is 4.74 Å². The summed E-state index contributed by atoms with van der Waals surface area (Å²) in [6.45, 7) is 5.80. The van der Waals surface area contributed by atoms with E-state index in [-0.39, 0.29) is 11.8 Å². The Morgan fingerprint density at radius 1 is 1.15 bits per heavy atom. The number of nitrogens with zero attached hydrogens (tertiary/aromatic N) is 5. The Kier molecular flexibility index (Phi) is 5.20. The van der Waals surface area contributed by atoms with Crippen molar-refractivity contribution in [1.82, 2.24) is 24.8 Å². The molecule has 1 fully saturated rings. The lowest BCUT2D eigenvalue weighted by atomic mass is 10.2. The van der Waals surface area contributed by atoms with E-state index in [9.17, 15) is 9.59 Å². The van der Waals surface area contributed by atoms with E-state index in [1.807, 2.05) is 38.1 Å². The Morgan fingerprint density at radius 2 is 1.85 bits per heavy atom. The molecule has 138 valence electrons. The maximum absolute atomic E-state index is 12.8. The molecule has 26 heavy (non-hydrogen) atoms. The van der Waals surface area contributed by atoms with Gasteiger partial charge < -0.3 is 14.5 Å². The van der Waals surface area contributed by atoms with E-state index in [4.69, 9.17) is 4.74 Å². The molecule has 1 aromatic heterocycles. The number of benzene rings is 1. The van der Waals surface area contributed by atoms with Crippen LogP contribution in [0.4, 0.5) is 0 Å². The summed E-state index contributed by atoms with van der Waals surface area (Å²) in [6.07, 6.45) is 0.488. The van der Waals surface area contributed by atoms with Crippen LogP contribution in [0.2, 0.25) is 0 Å². The molecular formula is C18H23N5O3. The molecule has 8 heteroatoms. The summed E-state index contributed by atoms with van der Waals surface area (Å²) in [6, 6.07) is 7.43. The third-order valence-electron chi connectivity index (χ3n) is 4.62. The van der Waals surface area contributed by atoms with Crippen LogP contribution in [-0.2, 0) is 4.79 Å². The Hall–Kier alpha value is -2.90. The molecule has 8 nitrogen and oxygen atoms in total. The molecule has 1 saturated heterocycles. The topological polar surface area (TPSA) is 80.6 Å². The summed E-state index contributed by atoms with van der Waals surface area (Å²) in [7, 11) is 1.60. The molecule has 1 aliphatic heterocycles. The average molecular weight is 357 g/mol. The second-order valence-electron chi connectivity index (χ2n) is 6.16. The van der Waals surface area contributed by atoms with E-state index >= 15 is 0 Å². The lowest BCUT2D eigenvalue weighted by Gasteiger charge is -2.34. The molecule has 0 unspecified atom stereocenters. The first-order valence-corrected chi connectivity index (χ1v) is 8.69.